The van der Waals surface area contributed by atoms with Gasteiger partial charge < -0.3 is 33.9 Å². The number of hydrogen-bond donors (Lipinski definition) is 1. The van der Waals surface area contributed by atoms with Gasteiger partial charge in [0, 0.05) is 35.8 Å². The van der Waals surface area contributed by atoms with E-state index in [1.807, 2.05) is 46.6 Å². The monoisotopic (exact) mass is 544 g/mol. The van der Waals surface area contributed by atoms with Crippen molar-refractivity contribution in [2.24, 2.45) is 0 Å². The van der Waals surface area contributed by atoms with E-state index in [2.05, 4.69) is 46.2 Å². The van der Waals surface area contributed by atoms with Crippen molar-refractivity contribution in [1.82, 2.24) is 14.4 Å². The molecule has 2 aliphatic heterocycles. The highest BCUT2D eigenvalue weighted by Crippen LogP contribution is 2.44. The molecule has 2 aliphatic rings. The summed E-state index contributed by atoms with van der Waals surface area (Å²) in [6.07, 6.45) is 3.08. The van der Waals surface area contributed by atoms with Gasteiger partial charge in [-0.15, -0.1) is 11.3 Å². The topological polar surface area (TPSA) is 68.2 Å². The summed E-state index contributed by atoms with van der Waals surface area (Å²) in [5, 5.41) is 4.33. The number of hydrogen-bond acceptors (Lipinski definition) is 6. The van der Waals surface area contributed by atoms with Crippen molar-refractivity contribution >= 4 is 23.1 Å². The lowest BCUT2D eigenvalue weighted by molar-refractivity contribution is 0.194. The van der Waals surface area contributed by atoms with Crippen molar-refractivity contribution in [2.75, 3.05) is 40.2 Å². The van der Waals surface area contributed by atoms with Crippen molar-refractivity contribution in [3.8, 4) is 22.2 Å². The molecule has 2 aromatic carbocycles. The Hall–Kier alpha value is -3.95. The van der Waals surface area contributed by atoms with Crippen LogP contribution in [0, 0.1) is 0 Å². The van der Waals surface area contributed by atoms with Gasteiger partial charge in [0.25, 0.3) is 0 Å². The van der Waals surface area contributed by atoms with Crippen molar-refractivity contribution in [3.63, 3.8) is 0 Å². The SMILES string of the molecule is COc1cccc([C@@H]2c3cccn3-c3sc4c(c3CN2C(=O)Nc2ccc(OC)cc2OC)CCN(C)C4)c1. The van der Waals surface area contributed by atoms with E-state index in [0.29, 0.717) is 23.7 Å². The second-order valence-electron chi connectivity index (χ2n) is 9.88. The van der Waals surface area contributed by atoms with Gasteiger partial charge in [-0.05, 0) is 61.0 Å². The standard InChI is InChI=1S/C30H32N4O4S/c1-32-14-12-22-23-17-34(30(35)31-24-11-10-21(37-3)16-26(24)38-4)28(19-7-5-8-20(15-19)36-2)25-9-6-13-33(25)29(23)39-27(22)18-32/h5-11,13,15-16,28H,12,14,17-18H2,1-4H3,(H,31,35)/t28-/m1/s1. The summed E-state index contributed by atoms with van der Waals surface area (Å²) in [6, 6.07) is 17.0. The van der Waals surface area contributed by atoms with Crippen molar-refractivity contribution in [3.05, 3.63) is 88.1 Å². The van der Waals surface area contributed by atoms with Gasteiger partial charge in [-0.1, -0.05) is 12.1 Å². The molecule has 0 aliphatic carbocycles. The van der Waals surface area contributed by atoms with Gasteiger partial charge in [0.2, 0.25) is 0 Å². The first-order chi connectivity index (χ1) is 19.0. The minimum absolute atomic E-state index is 0.209. The van der Waals surface area contributed by atoms with E-state index in [9.17, 15) is 4.79 Å². The molecule has 0 saturated carbocycles. The average Bonchev–Trinajstić information content (AvgIpc) is 3.54. The smallest absolute Gasteiger partial charge is 0.323 e. The van der Waals surface area contributed by atoms with E-state index in [1.165, 1.54) is 21.0 Å². The van der Waals surface area contributed by atoms with Crippen molar-refractivity contribution in [2.45, 2.75) is 25.6 Å². The summed E-state index contributed by atoms with van der Waals surface area (Å²) in [5.41, 5.74) is 5.20. The molecule has 4 aromatic rings. The maximum atomic E-state index is 14.2. The number of methoxy groups -OCH3 is 3. The first kappa shape index (κ1) is 25.3. The summed E-state index contributed by atoms with van der Waals surface area (Å²) in [7, 11) is 7.02. The second kappa shape index (κ2) is 10.3. The summed E-state index contributed by atoms with van der Waals surface area (Å²) >= 11 is 1.84. The Morgan fingerprint density at radius 3 is 2.56 bits per heavy atom. The zero-order chi connectivity index (χ0) is 27.1. The Morgan fingerprint density at radius 1 is 0.949 bits per heavy atom. The molecule has 4 heterocycles. The summed E-state index contributed by atoms with van der Waals surface area (Å²) < 4.78 is 18.8. The van der Waals surface area contributed by atoms with Crippen LogP contribution in [-0.2, 0) is 19.5 Å². The van der Waals surface area contributed by atoms with Gasteiger partial charge >= 0.3 is 6.03 Å². The van der Waals surface area contributed by atoms with Gasteiger partial charge in [-0.2, -0.15) is 0 Å². The summed E-state index contributed by atoms with van der Waals surface area (Å²) in [5.74, 6) is 1.95. The molecule has 0 radical (unpaired) electrons. The molecule has 39 heavy (non-hydrogen) atoms. The molecule has 9 heteroatoms. The minimum atomic E-state index is -0.333. The highest BCUT2D eigenvalue weighted by atomic mass is 32.1. The number of aromatic nitrogens is 1. The molecule has 2 amide bonds. The lowest BCUT2D eigenvalue weighted by Crippen LogP contribution is -2.38. The van der Waals surface area contributed by atoms with E-state index in [4.69, 9.17) is 14.2 Å². The van der Waals surface area contributed by atoms with Gasteiger partial charge in [0.1, 0.15) is 22.2 Å². The van der Waals surface area contributed by atoms with Crippen LogP contribution >= 0.6 is 11.3 Å². The van der Waals surface area contributed by atoms with Crippen LogP contribution in [0.3, 0.4) is 0 Å². The van der Waals surface area contributed by atoms with Crippen molar-refractivity contribution in [1.29, 1.82) is 0 Å². The summed E-state index contributed by atoms with van der Waals surface area (Å²) in [4.78, 5) is 19.9. The zero-order valence-corrected chi connectivity index (χ0v) is 23.4. The Morgan fingerprint density at radius 2 is 1.77 bits per heavy atom. The third kappa shape index (κ3) is 4.51. The highest BCUT2D eigenvalue weighted by Gasteiger charge is 2.36. The number of carbonyl (C=O) groups is 1. The quantitative estimate of drug-likeness (QED) is 0.350. The van der Waals surface area contributed by atoms with Gasteiger partial charge in [-0.25, -0.2) is 4.79 Å². The van der Waals surface area contributed by atoms with Crippen LogP contribution in [0.1, 0.15) is 33.3 Å². The van der Waals surface area contributed by atoms with E-state index in [0.717, 1.165) is 36.5 Å². The zero-order valence-electron chi connectivity index (χ0n) is 22.6. The number of benzene rings is 2. The third-order valence-electron chi connectivity index (χ3n) is 7.58. The Balaban J connectivity index is 1.48. The van der Waals surface area contributed by atoms with Crippen LogP contribution in [0.5, 0.6) is 17.2 Å². The van der Waals surface area contributed by atoms with Crippen LogP contribution in [0.15, 0.2) is 60.8 Å². The molecule has 0 fully saturated rings. The summed E-state index contributed by atoms with van der Waals surface area (Å²) in [6.45, 7) is 2.42. The lowest BCUT2D eigenvalue weighted by atomic mass is 10.00. The molecule has 8 nitrogen and oxygen atoms in total. The number of nitrogens with one attached hydrogen (secondary N) is 1. The largest absolute Gasteiger partial charge is 0.497 e. The Labute approximate surface area is 232 Å². The highest BCUT2D eigenvalue weighted by molar-refractivity contribution is 7.15. The number of ether oxygens (including phenoxy) is 3. The van der Waals surface area contributed by atoms with E-state index < -0.39 is 0 Å². The van der Waals surface area contributed by atoms with Crippen molar-refractivity contribution < 1.29 is 19.0 Å². The molecular formula is C30H32N4O4S. The molecule has 0 saturated heterocycles. The fourth-order valence-electron chi connectivity index (χ4n) is 5.60. The Bertz CT molecular complexity index is 1530. The molecule has 202 valence electrons. The van der Waals surface area contributed by atoms with E-state index in [-0.39, 0.29) is 12.1 Å². The number of fused-ring (bicyclic) bond motifs is 5. The van der Waals surface area contributed by atoms with E-state index >= 15 is 0 Å². The normalized spacial score (nSPS) is 16.5. The number of carbonyl (C=O) groups excluding carboxylic acids is 1. The van der Waals surface area contributed by atoms with Gasteiger partial charge in [0.05, 0.1) is 45.3 Å². The maximum absolute atomic E-state index is 14.2. The number of rotatable bonds is 5. The second-order valence-corrected chi connectivity index (χ2v) is 11.0. The maximum Gasteiger partial charge on any atom is 0.323 e. The molecule has 0 bridgehead atoms. The first-order valence-corrected chi connectivity index (χ1v) is 13.8. The predicted molar refractivity (Wildman–Crippen MR) is 153 cm³/mol. The van der Waals surface area contributed by atoms with Crippen LogP contribution in [0.2, 0.25) is 0 Å². The first-order valence-electron chi connectivity index (χ1n) is 12.9. The number of urea groups is 1. The number of amides is 2. The lowest BCUT2D eigenvalue weighted by Gasteiger charge is -2.32. The van der Waals surface area contributed by atoms with Crippen LogP contribution in [0.4, 0.5) is 10.5 Å². The number of thiophene rings is 1. The number of likely N-dealkylation sites (N-methyl/N-ethyl adjacent to an activating group) is 1. The minimum Gasteiger partial charge on any atom is -0.497 e. The number of nitrogens with zero attached hydrogens (tertiary/aromatic N) is 3. The molecule has 2 aromatic heterocycles. The molecule has 0 spiro atoms. The fraction of sp³-hybridized carbons (Fsp3) is 0.300. The van der Waals surface area contributed by atoms with Crippen LogP contribution < -0.4 is 19.5 Å². The van der Waals surface area contributed by atoms with Crippen LogP contribution in [0.25, 0.3) is 5.00 Å². The Kier molecular flexibility index (Phi) is 6.70. The average molecular weight is 545 g/mol. The van der Waals surface area contributed by atoms with Gasteiger partial charge in [0.15, 0.2) is 0 Å². The number of anilines is 1. The molecule has 1 atom stereocenters. The predicted octanol–water partition coefficient (Wildman–Crippen LogP) is 5.69. The molecule has 0 unspecified atom stereocenters. The van der Waals surface area contributed by atoms with Gasteiger partial charge in [-0.3, -0.25) is 0 Å². The molecule has 1 N–H and O–H groups in total. The molecular weight excluding hydrogens is 512 g/mol. The fourth-order valence-corrected chi connectivity index (χ4v) is 7.05. The third-order valence-corrected chi connectivity index (χ3v) is 8.83. The molecule has 6 rings (SSSR count). The van der Waals surface area contributed by atoms with Crippen LogP contribution in [-0.4, -0.2) is 55.3 Å². The van der Waals surface area contributed by atoms with E-state index in [1.54, 1.807) is 27.4 Å².